The molecule has 1 rings (SSSR count). The minimum atomic E-state index is -1.06. The highest BCUT2D eigenvalue weighted by molar-refractivity contribution is 7.86. The summed E-state index contributed by atoms with van der Waals surface area (Å²) in [7, 11) is -1.06. The highest BCUT2D eigenvalue weighted by Gasteiger charge is 2.20. The third-order valence-corrected chi connectivity index (χ3v) is 4.77. The molecular weight excluding hydrogens is 232 g/mol. The largest absolute Gasteiger partial charge is 0.293 e. The molecule has 2 unspecified atom stereocenters. The molecule has 1 aromatic carbocycles. The molecule has 0 spiro atoms. The molecule has 3 heteroatoms. The van der Waals surface area contributed by atoms with Crippen LogP contribution in [0.5, 0.6) is 0 Å². The van der Waals surface area contributed by atoms with E-state index in [9.17, 15) is 9.00 Å². The van der Waals surface area contributed by atoms with Gasteiger partial charge in [-0.15, -0.1) is 0 Å². The molecule has 2 atom stereocenters. The first-order valence-corrected chi connectivity index (χ1v) is 7.34. The summed E-state index contributed by atoms with van der Waals surface area (Å²) in [6.45, 7) is 7.73. The molecule has 0 aliphatic carbocycles. The van der Waals surface area contributed by atoms with Crippen LogP contribution < -0.4 is 0 Å². The van der Waals surface area contributed by atoms with Crippen molar-refractivity contribution >= 4 is 16.6 Å². The first-order valence-electron chi connectivity index (χ1n) is 5.96. The van der Waals surface area contributed by atoms with Crippen molar-refractivity contribution in [3.63, 3.8) is 0 Å². The van der Waals surface area contributed by atoms with Crippen LogP contribution in [0.25, 0.3) is 0 Å². The van der Waals surface area contributed by atoms with Gasteiger partial charge in [-0.2, -0.15) is 0 Å². The van der Waals surface area contributed by atoms with Crippen LogP contribution in [0.2, 0.25) is 0 Å². The van der Waals surface area contributed by atoms with Crippen LogP contribution in [-0.2, 0) is 10.8 Å². The molecule has 0 aromatic heterocycles. The lowest BCUT2D eigenvalue weighted by molar-refractivity contribution is 0.0992. The zero-order valence-electron chi connectivity index (χ0n) is 10.9. The van der Waals surface area contributed by atoms with Gasteiger partial charge in [0.1, 0.15) is 0 Å². The highest BCUT2D eigenvalue weighted by atomic mass is 32.2. The van der Waals surface area contributed by atoms with Gasteiger partial charge in [-0.1, -0.05) is 19.1 Å². The zero-order valence-corrected chi connectivity index (χ0v) is 11.8. The number of rotatable bonds is 5. The molecule has 0 heterocycles. The van der Waals surface area contributed by atoms with Crippen LogP contribution in [0.3, 0.4) is 0 Å². The Morgan fingerprint density at radius 2 is 1.94 bits per heavy atom. The summed E-state index contributed by atoms with van der Waals surface area (Å²) in [5, 5.41) is -0.406. The monoisotopic (exact) mass is 252 g/mol. The Bertz CT molecular complexity index is 438. The van der Waals surface area contributed by atoms with Gasteiger partial charge in [0.2, 0.25) is 0 Å². The minimum absolute atomic E-state index is 0.0140. The van der Waals surface area contributed by atoms with Crippen LogP contribution in [0.4, 0.5) is 0 Å². The molecule has 0 amide bonds. The van der Waals surface area contributed by atoms with Crippen LogP contribution >= 0.6 is 0 Å². The number of carbonyl (C=O) groups excluding carboxylic acids is 1. The van der Waals surface area contributed by atoms with Gasteiger partial charge in [0.15, 0.2) is 5.78 Å². The van der Waals surface area contributed by atoms with Gasteiger partial charge in [-0.05, 0) is 44.4 Å². The van der Waals surface area contributed by atoms with Crippen molar-refractivity contribution in [2.75, 3.05) is 5.75 Å². The van der Waals surface area contributed by atoms with Gasteiger partial charge in [0.25, 0.3) is 0 Å². The van der Waals surface area contributed by atoms with Gasteiger partial charge in [-0.3, -0.25) is 9.00 Å². The molecule has 0 bridgehead atoms. The lowest BCUT2D eigenvalue weighted by atomic mass is 10.0. The van der Waals surface area contributed by atoms with Crippen molar-refractivity contribution in [2.24, 2.45) is 0 Å². The first-order chi connectivity index (χ1) is 7.97. The lowest BCUT2D eigenvalue weighted by Gasteiger charge is -2.11. The lowest BCUT2D eigenvalue weighted by Crippen LogP contribution is -2.24. The van der Waals surface area contributed by atoms with Crippen molar-refractivity contribution < 1.29 is 9.00 Å². The molecule has 0 aliphatic heterocycles. The van der Waals surface area contributed by atoms with Crippen LogP contribution in [0.15, 0.2) is 18.2 Å². The van der Waals surface area contributed by atoms with Crippen LogP contribution in [0.1, 0.15) is 41.8 Å². The fourth-order valence-corrected chi connectivity index (χ4v) is 2.76. The average Bonchev–Trinajstić information content (AvgIpc) is 2.31. The summed E-state index contributed by atoms with van der Waals surface area (Å²) in [5.41, 5.74) is 2.94. The Kier molecular flexibility index (Phi) is 5.06. The second-order valence-electron chi connectivity index (χ2n) is 4.39. The predicted octanol–water partition coefficient (Wildman–Crippen LogP) is 3.03. The van der Waals surface area contributed by atoms with Crippen molar-refractivity contribution in [3.8, 4) is 0 Å². The summed E-state index contributed by atoms with van der Waals surface area (Å²) < 4.78 is 11.8. The molecule has 0 aliphatic rings. The second-order valence-corrected chi connectivity index (χ2v) is 6.27. The third kappa shape index (κ3) is 3.50. The number of benzene rings is 1. The number of hydrogen-bond acceptors (Lipinski definition) is 2. The second kappa shape index (κ2) is 6.10. The molecule has 0 radical (unpaired) electrons. The number of Topliss-reactive ketones (excluding diaryl/α,β-unsaturated/α-hetero) is 1. The van der Waals surface area contributed by atoms with Gasteiger partial charge >= 0.3 is 0 Å². The van der Waals surface area contributed by atoms with Crippen molar-refractivity contribution in [3.05, 3.63) is 34.9 Å². The summed E-state index contributed by atoms with van der Waals surface area (Å²) in [5.74, 6) is 0.581. The highest BCUT2D eigenvalue weighted by Crippen LogP contribution is 2.14. The molecule has 0 saturated heterocycles. The zero-order chi connectivity index (χ0) is 13.0. The van der Waals surface area contributed by atoms with Gasteiger partial charge in [0.05, 0.1) is 5.25 Å². The average molecular weight is 252 g/mol. The Labute approximate surface area is 106 Å². The van der Waals surface area contributed by atoms with Crippen molar-refractivity contribution in [2.45, 2.75) is 39.4 Å². The molecule has 0 N–H and O–H groups in total. The Morgan fingerprint density at radius 1 is 1.29 bits per heavy atom. The predicted molar refractivity (Wildman–Crippen MR) is 73.0 cm³/mol. The summed E-state index contributed by atoms with van der Waals surface area (Å²) in [6.07, 6.45) is 0.844. The quantitative estimate of drug-likeness (QED) is 0.755. The van der Waals surface area contributed by atoms with E-state index in [1.807, 2.05) is 39.0 Å². The Hall–Kier alpha value is -0.960. The summed E-state index contributed by atoms with van der Waals surface area (Å²) in [6, 6.07) is 5.65. The maximum atomic E-state index is 12.1. The minimum Gasteiger partial charge on any atom is -0.293 e. The third-order valence-electron chi connectivity index (χ3n) is 2.96. The number of aryl methyl sites for hydroxylation is 2. The molecule has 0 saturated carbocycles. The molecule has 0 fully saturated rings. The molecular formula is C14H20O2S. The van der Waals surface area contributed by atoms with Gasteiger partial charge < -0.3 is 0 Å². The van der Waals surface area contributed by atoms with E-state index in [2.05, 4.69) is 0 Å². The van der Waals surface area contributed by atoms with Gasteiger partial charge in [-0.25, -0.2) is 0 Å². The molecule has 2 nitrogen and oxygen atoms in total. The summed E-state index contributed by atoms with van der Waals surface area (Å²) >= 11 is 0. The normalized spacial score (nSPS) is 14.4. The van der Waals surface area contributed by atoms with E-state index in [4.69, 9.17) is 0 Å². The number of carbonyl (C=O) groups is 1. The maximum absolute atomic E-state index is 12.1. The fraction of sp³-hybridized carbons (Fsp3) is 0.500. The van der Waals surface area contributed by atoms with Gasteiger partial charge in [0, 0.05) is 22.1 Å². The fourth-order valence-electron chi connectivity index (χ4n) is 1.63. The van der Waals surface area contributed by atoms with Crippen molar-refractivity contribution in [1.29, 1.82) is 0 Å². The maximum Gasteiger partial charge on any atom is 0.178 e. The SMILES string of the molecule is CCCS(=O)C(C)C(=O)c1ccc(C)c(C)c1. The standard InChI is InChI=1S/C14H20O2S/c1-5-8-17(16)12(4)14(15)13-7-6-10(2)11(3)9-13/h6-7,9,12H,5,8H2,1-4H3. The van der Waals surface area contributed by atoms with E-state index in [-0.39, 0.29) is 5.78 Å². The van der Waals surface area contributed by atoms with E-state index >= 15 is 0 Å². The van der Waals surface area contributed by atoms with E-state index in [0.717, 1.165) is 12.0 Å². The van der Waals surface area contributed by atoms with E-state index in [1.165, 1.54) is 5.56 Å². The van der Waals surface area contributed by atoms with E-state index < -0.39 is 16.0 Å². The Morgan fingerprint density at radius 3 is 2.47 bits per heavy atom. The molecule has 17 heavy (non-hydrogen) atoms. The van der Waals surface area contributed by atoms with Crippen molar-refractivity contribution in [1.82, 2.24) is 0 Å². The first kappa shape index (κ1) is 14.1. The van der Waals surface area contributed by atoms with E-state index in [1.54, 1.807) is 6.92 Å². The number of ketones is 1. The van der Waals surface area contributed by atoms with Crippen LogP contribution in [-0.4, -0.2) is 21.0 Å². The topological polar surface area (TPSA) is 34.1 Å². The van der Waals surface area contributed by atoms with Crippen LogP contribution in [0, 0.1) is 13.8 Å². The smallest absolute Gasteiger partial charge is 0.178 e. The number of hydrogen-bond donors (Lipinski definition) is 0. The Balaban J connectivity index is 2.89. The molecule has 94 valence electrons. The molecule has 1 aromatic rings. The van der Waals surface area contributed by atoms with E-state index in [0.29, 0.717) is 11.3 Å². The summed E-state index contributed by atoms with van der Waals surface area (Å²) in [4.78, 5) is 12.1.